The van der Waals surface area contributed by atoms with Gasteiger partial charge in [0.2, 0.25) is 0 Å². The Labute approximate surface area is 107 Å². The predicted octanol–water partition coefficient (Wildman–Crippen LogP) is 4.56. The maximum absolute atomic E-state index is 13.0. The predicted molar refractivity (Wildman–Crippen MR) is 73.2 cm³/mol. The van der Waals surface area contributed by atoms with E-state index in [4.69, 9.17) is 0 Å². The zero-order valence-electron chi connectivity index (χ0n) is 12.0. The van der Waals surface area contributed by atoms with Crippen LogP contribution in [-0.4, -0.2) is 29.7 Å². The van der Waals surface area contributed by atoms with E-state index in [-0.39, 0.29) is 5.54 Å². The van der Waals surface area contributed by atoms with Gasteiger partial charge < -0.3 is 0 Å². The highest BCUT2D eigenvalue weighted by Gasteiger charge is 2.39. The molecule has 1 saturated heterocycles. The topological polar surface area (TPSA) is 3.24 Å². The monoisotopic (exact) mass is 243 g/mol. The molecule has 17 heavy (non-hydrogen) atoms. The summed E-state index contributed by atoms with van der Waals surface area (Å²) in [6.45, 7) is 8.19. The summed E-state index contributed by atoms with van der Waals surface area (Å²) in [6.07, 6.45) is 9.73. The first-order valence-electron chi connectivity index (χ1n) is 7.51. The van der Waals surface area contributed by atoms with Gasteiger partial charge in [-0.05, 0) is 19.8 Å². The van der Waals surface area contributed by atoms with E-state index >= 15 is 0 Å². The van der Waals surface area contributed by atoms with Gasteiger partial charge in [-0.25, -0.2) is 4.39 Å². The quantitative estimate of drug-likeness (QED) is 0.537. The Kier molecular flexibility index (Phi) is 6.47. The van der Waals surface area contributed by atoms with E-state index < -0.39 is 6.17 Å². The zero-order chi connectivity index (χ0) is 12.7. The summed E-state index contributed by atoms with van der Waals surface area (Å²) in [6, 6.07) is 0. The number of halogens is 1. The molecule has 1 nitrogen and oxygen atoms in total. The summed E-state index contributed by atoms with van der Waals surface area (Å²) in [5.41, 5.74) is 0.270. The van der Waals surface area contributed by atoms with E-state index in [1.165, 1.54) is 51.4 Å². The lowest BCUT2D eigenvalue weighted by Crippen LogP contribution is -2.59. The summed E-state index contributed by atoms with van der Waals surface area (Å²) < 4.78 is 13.0. The van der Waals surface area contributed by atoms with Gasteiger partial charge >= 0.3 is 0 Å². The summed E-state index contributed by atoms with van der Waals surface area (Å²) in [5, 5.41) is 0. The molecule has 1 rings (SSSR count). The number of hydrogen-bond donors (Lipinski definition) is 0. The van der Waals surface area contributed by atoms with Crippen LogP contribution in [0.2, 0.25) is 0 Å². The van der Waals surface area contributed by atoms with Crippen LogP contribution in [0.3, 0.4) is 0 Å². The van der Waals surface area contributed by atoms with Crippen molar-refractivity contribution in [3.05, 3.63) is 0 Å². The molecule has 1 aliphatic heterocycles. The highest BCUT2D eigenvalue weighted by Crippen LogP contribution is 2.33. The number of unbranched alkanes of at least 4 members (excludes halogenated alkanes) is 4. The third-order valence-corrected chi connectivity index (χ3v) is 4.24. The van der Waals surface area contributed by atoms with Crippen LogP contribution in [0.5, 0.6) is 0 Å². The van der Waals surface area contributed by atoms with E-state index in [2.05, 4.69) is 25.7 Å². The summed E-state index contributed by atoms with van der Waals surface area (Å²) in [4.78, 5) is 2.37. The third kappa shape index (κ3) is 4.57. The van der Waals surface area contributed by atoms with Crippen molar-refractivity contribution in [2.45, 2.75) is 83.8 Å². The van der Waals surface area contributed by atoms with Crippen LogP contribution >= 0.6 is 0 Å². The highest BCUT2D eigenvalue weighted by atomic mass is 19.1. The third-order valence-electron chi connectivity index (χ3n) is 4.24. The molecule has 102 valence electrons. The fraction of sp³-hybridized carbons (Fsp3) is 1.00. The first-order chi connectivity index (χ1) is 8.12. The van der Waals surface area contributed by atoms with E-state index in [0.717, 1.165) is 0 Å². The highest BCUT2D eigenvalue weighted by molar-refractivity contribution is 4.94. The SMILES string of the molecule is CCCCCCC(C)(CCCC)N1CC(F)C1. The van der Waals surface area contributed by atoms with E-state index in [0.29, 0.717) is 13.1 Å². The molecule has 0 amide bonds. The molecule has 0 aromatic heterocycles. The maximum Gasteiger partial charge on any atom is 0.125 e. The second-order valence-corrected chi connectivity index (χ2v) is 5.91. The normalized spacial score (nSPS) is 21.2. The van der Waals surface area contributed by atoms with Crippen molar-refractivity contribution < 1.29 is 4.39 Å². The molecular formula is C15H30FN. The molecule has 0 bridgehead atoms. The number of hydrogen-bond acceptors (Lipinski definition) is 1. The van der Waals surface area contributed by atoms with Gasteiger partial charge in [0.1, 0.15) is 6.17 Å². The first-order valence-corrected chi connectivity index (χ1v) is 7.51. The molecule has 1 unspecified atom stereocenters. The maximum atomic E-state index is 13.0. The lowest BCUT2D eigenvalue weighted by atomic mass is 9.84. The van der Waals surface area contributed by atoms with Gasteiger partial charge in [-0.1, -0.05) is 52.4 Å². The second kappa shape index (κ2) is 7.35. The lowest BCUT2D eigenvalue weighted by molar-refractivity contribution is -0.0328. The summed E-state index contributed by atoms with van der Waals surface area (Å²) in [5.74, 6) is 0. The summed E-state index contributed by atoms with van der Waals surface area (Å²) in [7, 11) is 0. The zero-order valence-corrected chi connectivity index (χ0v) is 12.0. The van der Waals surface area contributed by atoms with Crippen molar-refractivity contribution in [2.24, 2.45) is 0 Å². The summed E-state index contributed by atoms with van der Waals surface area (Å²) >= 11 is 0. The van der Waals surface area contributed by atoms with Crippen LogP contribution in [0, 0.1) is 0 Å². The average molecular weight is 243 g/mol. The Bertz CT molecular complexity index is 201. The van der Waals surface area contributed by atoms with Crippen molar-refractivity contribution >= 4 is 0 Å². The van der Waals surface area contributed by atoms with Gasteiger partial charge in [0.05, 0.1) is 0 Å². The van der Waals surface area contributed by atoms with Gasteiger partial charge in [-0.15, -0.1) is 0 Å². The minimum atomic E-state index is -0.563. The molecule has 1 aliphatic rings. The smallest absolute Gasteiger partial charge is 0.125 e. The van der Waals surface area contributed by atoms with Crippen LogP contribution in [0.4, 0.5) is 4.39 Å². The minimum absolute atomic E-state index is 0.270. The van der Waals surface area contributed by atoms with Crippen LogP contribution in [-0.2, 0) is 0 Å². The van der Waals surface area contributed by atoms with Crippen molar-refractivity contribution in [1.29, 1.82) is 0 Å². The molecule has 0 saturated carbocycles. The van der Waals surface area contributed by atoms with Gasteiger partial charge in [0.15, 0.2) is 0 Å². The Morgan fingerprint density at radius 1 is 1.00 bits per heavy atom. The number of rotatable bonds is 9. The fourth-order valence-corrected chi connectivity index (χ4v) is 2.80. The van der Waals surface area contributed by atoms with Crippen LogP contribution in [0.25, 0.3) is 0 Å². The van der Waals surface area contributed by atoms with Gasteiger partial charge in [-0.2, -0.15) is 0 Å². The Balaban J connectivity index is 2.35. The molecule has 1 fully saturated rings. The minimum Gasteiger partial charge on any atom is -0.292 e. The molecule has 1 heterocycles. The Morgan fingerprint density at radius 2 is 1.59 bits per heavy atom. The Morgan fingerprint density at radius 3 is 2.12 bits per heavy atom. The van der Waals surface area contributed by atoms with E-state index in [1.807, 2.05) is 0 Å². The van der Waals surface area contributed by atoms with Gasteiger partial charge in [-0.3, -0.25) is 4.90 Å². The van der Waals surface area contributed by atoms with Gasteiger partial charge in [0.25, 0.3) is 0 Å². The van der Waals surface area contributed by atoms with E-state index in [1.54, 1.807) is 0 Å². The lowest BCUT2D eigenvalue weighted by Gasteiger charge is -2.49. The van der Waals surface area contributed by atoms with Crippen molar-refractivity contribution in [3.63, 3.8) is 0 Å². The molecule has 0 spiro atoms. The van der Waals surface area contributed by atoms with Crippen LogP contribution in [0.15, 0.2) is 0 Å². The van der Waals surface area contributed by atoms with E-state index in [9.17, 15) is 4.39 Å². The second-order valence-electron chi connectivity index (χ2n) is 5.91. The largest absolute Gasteiger partial charge is 0.292 e. The van der Waals surface area contributed by atoms with Crippen LogP contribution in [0.1, 0.15) is 72.1 Å². The van der Waals surface area contributed by atoms with Crippen molar-refractivity contribution in [3.8, 4) is 0 Å². The molecule has 0 radical (unpaired) electrons. The molecular weight excluding hydrogens is 213 g/mol. The number of likely N-dealkylation sites (tertiary alicyclic amines) is 1. The standard InChI is InChI=1S/C15H30FN/c1-4-6-8-9-11-15(3,10-7-5-2)17-12-14(16)13-17/h14H,4-13H2,1-3H3. The fourth-order valence-electron chi connectivity index (χ4n) is 2.80. The first kappa shape index (κ1) is 14.9. The molecule has 0 N–H and O–H groups in total. The number of alkyl halides is 1. The van der Waals surface area contributed by atoms with Gasteiger partial charge in [0, 0.05) is 18.6 Å². The molecule has 0 aromatic carbocycles. The molecule has 1 atom stereocenters. The molecule has 0 aliphatic carbocycles. The van der Waals surface area contributed by atoms with Crippen LogP contribution < -0.4 is 0 Å². The average Bonchev–Trinajstić information content (AvgIpc) is 2.28. The number of nitrogens with zero attached hydrogens (tertiary/aromatic N) is 1. The van der Waals surface area contributed by atoms with Crippen molar-refractivity contribution in [1.82, 2.24) is 4.90 Å². The Hall–Kier alpha value is -0.110. The van der Waals surface area contributed by atoms with Crippen molar-refractivity contribution in [2.75, 3.05) is 13.1 Å². The molecule has 2 heteroatoms. The molecule has 0 aromatic rings.